The highest BCUT2D eigenvalue weighted by Crippen LogP contribution is 2.27. The number of thiazole rings is 1. The summed E-state index contributed by atoms with van der Waals surface area (Å²) >= 11 is 3.25. The fourth-order valence-electron chi connectivity index (χ4n) is 2.76. The molecule has 2 aromatic heterocycles. The molecule has 3 rings (SSSR count). The third kappa shape index (κ3) is 5.31. The molecule has 1 aromatic carbocycles. The Labute approximate surface area is 172 Å². The number of ether oxygens (including phenoxy) is 3. The molecule has 0 saturated carbocycles. The number of nitrogens with zero attached hydrogens (tertiary/aromatic N) is 2. The number of hydrogen-bond acceptors (Lipinski definition) is 8. The zero-order valence-corrected chi connectivity index (χ0v) is 17.6. The van der Waals surface area contributed by atoms with Crippen LogP contribution in [0, 0.1) is 0 Å². The van der Waals surface area contributed by atoms with Crippen molar-refractivity contribution in [2.75, 3.05) is 27.9 Å². The van der Waals surface area contributed by atoms with E-state index in [9.17, 15) is 4.79 Å². The summed E-state index contributed by atoms with van der Waals surface area (Å²) in [6.45, 7) is 1.24. The first-order valence-electron chi connectivity index (χ1n) is 8.59. The summed E-state index contributed by atoms with van der Waals surface area (Å²) in [5.41, 5.74) is 3.02. The Kier molecular flexibility index (Phi) is 7.02. The van der Waals surface area contributed by atoms with Crippen molar-refractivity contribution in [2.45, 2.75) is 13.1 Å². The minimum atomic E-state index is -0.289. The van der Waals surface area contributed by atoms with Gasteiger partial charge in [0.2, 0.25) is 0 Å². The number of rotatable bonds is 9. The lowest BCUT2D eigenvalue weighted by molar-refractivity contribution is -0.142. The average molecular weight is 419 g/mol. The van der Waals surface area contributed by atoms with E-state index in [1.165, 1.54) is 7.11 Å². The van der Waals surface area contributed by atoms with E-state index in [0.29, 0.717) is 24.6 Å². The van der Waals surface area contributed by atoms with Crippen molar-refractivity contribution in [2.24, 2.45) is 0 Å². The van der Waals surface area contributed by atoms with Crippen LogP contribution >= 0.6 is 22.7 Å². The largest absolute Gasteiger partial charge is 0.497 e. The molecule has 0 aliphatic rings. The second-order valence-corrected chi connectivity index (χ2v) is 7.74. The van der Waals surface area contributed by atoms with Crippen LogP contribution in [-0.4, -0.2) is 43.7 Å². The van der Waals surface area contributed by atoms with Crippen molar-refractivity contribution < 1.29 is 19.0 Å². The van der Waals surface area contributed by atoms with Crippen LogP contribution in [0.1, 0.15) is 11.3 Å². The monoisotopic (exact) mass is 418 g/mol. The zero-order chi connectivity index (χ0) is 19.9. The van der Waals surface area contributed by atoms with Crippen LogP contribution < -0.4 is 9.47 Å². The maximum atomic E-state index is 11.9. The molecule has 0 fully saturated rings. The average Bonchev–Trinajstić information content (AvgIpc) is 3.39. The molecule has 0 bridgehead atoms. The summed E-state index contributed by atoms with van der Waals surface area (Å²) in [5, 5.41) is 7.13. The van der Waals surface area contributed by atoms with Gasteiger partial charge in [-0.2, -0.15) is 11.3 Å². The van der Waals surface area contributed by atoms with Gasteiger partial charge in [0.05, 0.1) is 33.6 Å². The molecule has 0 spiro atoms. The Morgan fingerprint density at radius 2 is 1.82 bits per heavy atom. The number of hydrogen-bond donors (Lipinski definition) is 0. The van der Waals surface area contributed by atoms with Crippen LogP contribution in [-0.2, 0) is 22.6 Å². The van der Waals surface area contributed by atoms with Crippen molar-refractivity contribution in [3.63, 3.8) is 0 Å². The van der Waals surface area contributed by atoms with Gasteiger partial charge in [-0.1, -0.05) is 0 Å². The lowest BCUT2D eigenvalue weighted by Crippen LogP contribution is -2.30. The number of carbonyl (C=O) groups is 1. The SMILES string of the molecule is COC(=O)CN(Cc1cc(OC)cc(OC)c1)Cc1csc(-c2ccsc2)n1. The molecule has 0 aliphatic heterocycles. The Morgan fingerprint density at radius 1 is 1.07 bits per heavy atom. The molecular formula is C20H22N2O4S2. The molecule has 2 heterocycles. The van der Waals surface area contributed by atoms with Gasteiger partial charge in [-0.15, -0.1) is 11.3 Å². The summed E-state index contributed by atoms with van der Waals surface area (Å²) < 4.78 is 15.6. The van der Waals surface area contributed by atoms with E-state index in [-0.39, 0.29) is 12.5 Å². The molecule has 0 unspecified atom stereocenters. The molecule has 0 radical (unpaired) electrons. The number of benzene rings is 1. The van der Waals surface area contributed by atoms with E-state index in [1.54, 1.807) is 36.9 Å². The number of aromatic nitrogens is 1. The van der Waals surface area contributed by atoms with E-state index in [1.807, 2.05) is 33.9 Å². The van der Waals surface area contributed by atoms with Gasteiger partial charge in [0.25, 0.3) is 0 Å². The van der Waals surface area contributed by atoms with Gasteiger partial charge in [0.1, 0.15) is 16.5 Å². The number of carbonyl (C=O) groups excluding carboxylic acids is 1. The third-order valence-corrected chi connectivity index (χ3v) is 5.73. The molecular weight excluding hydrogens is 396 g/mol. The van der Waals surface area contributed by atoms with Gasteiger partial charge in [-0.25, -0.2) is 4.98 Å². The second kappa shape index (κ2) is 9.68. The normalized spacial score (nSPS) is 10.9. The van der Waals surface area contributed by atoms with Gasteiger partial charge in [0, 0.05) is 35.5 Å². The van der Waals surface area contributed by atoms with E-state index < -0.39 is 0 Å². The van der Waals surface area contributed by atoms with Crippen molar-refractivity contribution in [3.8, 4) is 22.1 Å². The number of methoxy groups -OCH3 is 3. The fourth-order valence-corrected chi connectivity index (χ4v) is 4.28. The second-order valence-electron chi connectivity index (χ2n) is 6.10. The molecule has 0 amide bonds. The minimum absolute atomic E-state index is 0.168. The number of thiophene rings is 1. The molecule has 6 nitrogen and oxygen atoms in total. The van der Waals surface area contributed by atoms with E-state index >= 15 is 0 Å². The molecule has 0 saturated heterocycles. The van der Waals surface area contributed by atoms with Crippen LogP contribution in [0.15, 0.2) is 40.4 Å². The third-order valence-electron chi connectivity index (χ3n) is 4.10. The Balaban J connectivity index is 1.78. The lowest BCUT2D eigenvalue weighted by Gasteiger charge is -2.21. The van der Waals surface area contributed by atoms with Crippen LogP contribution in [0.3, 0.4) is 0 Å². The Morgan fingerprint density at radius 3 is 2.43 bits per heavy atom. The smallest absolute Gasteiger partial charge is 0.319 e. The predicted molar refractivity (Wildman–Crippen MR) is 111 cm³/mol. The summed E-state index contributed by atoms with van der Waals surface area (Å²) in [7, 11) is 4.63. The van der Waals surface area contributed by atoms with Crippen molar-refractivity contribution in [3.05, 3.63) is 51.7 Å². The van der Waals surface area contributed by atoms with Gasteiger partial charge >= 0.3 is 5.97 Å². The first kappa shape index (κ1) is 20.3. The Hall–Kier alpha value is -2.42. The quantitative estimate of drug-likeness (QED) is 0.488. The fraction of sp³-hybridized carbons (Fsp3) is 0.300. The van der Waals surface area contributed by atoms with E-state index in [0.717, 1.165) is 21.8 Å². The highest BCUT2D eigenvalue weighted by molar-refractivity contribution is 7.14. The van der Waals surface area contributed by atoms with Crippen molar-refractivity contribution in [1.29, 1.82) is 0 Å². The maximum absolute atomic E-state index is 11.9. The predicted octanol–water partition coefficient (Wildman–Crippen LogP) is 4.06. The van der Waals surface area contributed by atoms with Gasteiger partial charge in [0.15, 0.2) is 0 Å². The van der Waals surface area contributed by atoms with Crippen molar-refractivity contribution in [1.82, 2.24) is 9.88 Å². The van der Waals surface area contributed by atoms with Gasteiger partial charge < -0.3 is 14.2 Å². The van der Waals surface area contributed by atoms with E-state index in [4.69, 9.17) is 19.2 Å². The first-order chi connectivity index (χ1) is 13.6. The standard InChI is InChI=1S/C20H22N2O4S2/c1-24-17-6-14(7-18(8-17)25-2)9-22(11-19(23)26-3)10-16-13-28-20(21-16)15-4-5-27-12-15/h4-8,12-13H,9-11H2,1-3H3. The van der Waals surface area contributed by atoms with Crippen LogP contribution in [0.5, 0.6) is 11.5 Å². The molecule has 28 heavy (non-hydrogen) atoms. The maximum Gasteiger partial charge on any atom is 0.319 e. The summed E-state index contributed by atoms with van der Waals surface area (Å²) in [6.07, 6.45) is 0. The van der Waals surface area contributed by atoms with Gasteiger partial charge in [-0.05, 0) is 29.1 Å². The van der Waals surface area contributed by atoms with Crippen molar-refractivity contribution >= 4 is 28.6 Å². The number of esters is 1. The highest BCUT2D eigenvalue weighted by Gasteiger charge is 2.16. The minimum Gasteiger partial charge on any atom is -0.497 e. The van der Waals surface area contributed by atoms with E-state index in [2.05, 4.69) is 11.4 Å². The molecule has 0 atom stereocenters. The van der Waals surface area contributed by atoms with Crippen LogP contribution in [0.25, 0.3) is 10.6 Å². The lowest BCUT2D eigenvalue weighted by atomic mass is 10.2. The molecule has 3 aromatic rings. The van der Waals surface area contributed by atoms with Crippen LogP contribution in [0.4, 0.5) is 0 Å². The molecule has 0 aliphatic carbocycles. The van der Waals surface area contributed by atoms with Gasteiger partial charge in [-0.3, -0.25) is 9.69 Å². The topological polar surface area (TPSA) is 60.9 Å². The summed E-state index contributed by atoms with van der Waals surface area (Å²) in [5.74, 6) is 1.13. The first-order valence-corrected chi connectivity index (χ1v) is 10.4. The molecule has 0 N–H and O–H groups in total. The zero-order valence-electron chi connectivity index (χ0n) is 16.0. The molecule has 148 valence electrons. The molecule has 8 heteroatoms. The summed E-state index contributed by atoms with van der Waals surface area (Å²) in [6, 6.07) is 7.75. The highest BCUT2D eigenvalue weighted by atomic mass is 32.1. The van der Waals surface area contributed by atoms with Crippen LogP contribution in [0.2, 0.25) is 0 Å². The Bertz CT molecular complexity index is 887. The summed E-state index contributed by atoms with van der Waals surface area (Å²) in [4.78, 5) is 18.6.